The second-order valence-corrected chi connectivity index (χ2v) is 16.0. The van der Waals surface area contributed by atoms with Crippen LogP contribution in [0.15, 0.2) is 245 Å². The third-order valence-electron chi connectivity index (χ3n) is 12.3. The molecule has 0 unspecified atom stereocenters. The molecule has 10 aromatic carbocycles. The second kappa shape index (κ2) is 15.3. The first-order chi connectivity index (χ1) is 31.2. The summed E-state index contributed by atoms with van der Waals surface area (Å²) >= 11 is 0. The molecule has 0 fully saturated rings. The summed E-state index contributed by atoms with van der Waals surface area (Å²) in [6.45, 7) is 0. The number of benzene rings is 10. The van der Waals surface area contributed by atoms with E-state index in [2.05, 4.69) is 217 Å². The average molecular weight is 806 g/mol. The molecule has 12 rings (SSSR count). The molecule has 3 nitrogen and oxygen atoms in total. The minimum atomic E-state index is 0.867. The van der Waals surface area contributed by atoms with E-state index in [0.717, 1.165) is 77.6 Å². The van der Waals surface area contributed by atoms with Crippen LogP contribution in [0.1, 0.15) is 0 Å². The molecule has 0 radical (unpaired) electrons. The highest BCUT2D eigenvalue weighted by Gasteiger charge is 2.20. The number of fused-ring (bicyclic) bond motifs is 6. The Bertz CT molecular complexity index is 3600. The molecule has 2 aromatic heterocycles. The lowest BCUT2D eigenvalue weighted by Crippen LogP contribution is -2.09. The minimum Gasteiger partial charge on any atom is -0.456 e. The third kappa shape index (κ3) is 6.38. The molecule has 0 amide bonds. The van der Waals surface area contributed by atoms with Gasteiger partial charge < -0.3 is 13.7 Å². The van der Waals surface area contributed by atoms with Crippen molar-refractivity contribution in [2.75, 3.05) is 4.90 Å². The minimum absolute atomic E-state index is 0.867. The molecule has 63 heavy (non-hydrogen) atoms. The van der Waals surface area contributed by atoms with E-state index in [9.17, 15) is 0 Å². The molecule has 3 heteroatoms. The van der Waals surface area contributed by atoms with Crippen molar-refractivity contribution in [1.82, 2.24) is 0 Å². The molecule has 0 N–H and O–H groups in total. The maximum atomic E-state index is 6.45. The van der Waals surface area contributed by atoms with Gasteiger partial charge in [0.25, 0.3) is 0 Å². The van der Waals surface area contributed by atoms with Crippen LogP contribution in [0, 0.1) is 0 Å². The number of para-hydroxylation sites is 3. The molecule has 0 aliphatic rings. The van der Waals surface area contributed by atoms with Crippen molar-refractivity contribution in [2.45, 2.75) is 0 Å². The van der Waals surface area contributed by atoms with Crippen molar-refractivity contribution in [3.8, 4) is 55.6 Å². The van der Waals surface area contributed by atoms with Crippen molar-refractivity contribution in [1.29, 1.82) is 0 Å². The van der Waals surface area contributed by atoms with Crippen molar-refractivity contribution >= 4 is 60.9 Å². The Balaban J connectivity index is 0.999. The van der Waals surface area contributed by atoms with E-state index in [-0.39, 0.29) is 0 Å². The summed E-state index contributed by atoms with van der Waals surface area (Å²) in [6.07, 6.45) is 0. The fraction of sp³-hybridized carbons (Fsp3) is 0. The fourth-order valence-corrected chi connectivity index (χ4v) is 9.37. The van der Waals surface area contributed by atoms with Gasteiger partial charge in [-0.15, -0.1) is 0 Å². The van der Waals surface area contributed by atoms with Gasteiger partial charge in [0.2, 0.25) is 0 Å². The van der Waals surface area contributed by atoms with Gasteiger partial charge in [0.15, 0.2) is 0 Å². The number of rotatable bonds is 8. The third-order valence-corrected chi connectivity index (χ3v) is 12.3. The normalized spacial score (nSPS) is 11.5. The molecule has 0 saturated carbocycles. The summed E-state index contributed by atoms with van der Waals surface area (Å²) < 4.78 is 12.7. The smallest absolute Gasteiger partial charge is 0.143 e. The number of nitrogens with zero attached hydrogens (tertiary/aromatic N) is 1. The quantitative estimate of drug-likeness (QED) is 0.153. The molecule has 0 spiro atoms. The predicted octanol–water partition coefficient (Wildman–Crippen LogP) is 17.3. The van der Waals surface area contributed by atoms with Gasteiger partial charge in [0.1, 0.15) is 22.3 Å². The van der Waals surface area contributed by atoms with Gasteiger partial charge >= 0.3 is 0 Å². The van der Waals surface area contributed by atoms with Crippen LogP contribution in [-0.4, -0.2) is 0 Å². The Labute approximate surface area is 365 Å². The van der Waals surface area contributed by atoms with Gasteiger partial charge in [-0.3, -0.25) is 0 Å². The van der Waals surface area contributed by atoms with E-state index in [0.29, 0.717) is 0 Å². The lowest BCUT2D eigenvalue weighted by Gasteiger charge is -2.26. The van der Waals surface area contributed by atoms with Gasteiger partial charge in [-0.1, -0.05) is 182 Å². The average Bonchev–Trinajstić information content (AvgIpc) is 3.93. The Hall–Kier alpha value is -8.40. The fourth-order valence-electron chi connectivity index (χ4n) is 9.37. The second-order valence-electron chi connectivity index (χ2n) is 16.0. The van der Waals surface area contributed by atoms with Crippen LogP contribution in [0.4, 0.5) is 17.1 Å². The SMILES string of the molecule is c1ccc(-c2ccccc2-c2c(-c3ccccc3)cccc2-c2ccc(N(c3ccc(-c4cccc5c4oc4ccccc45)cc3)c3ccc4oc5ccccc5c4c3)cc2)cc1. The van der Waals surface area contributed by atoms with E-state index in [1.54, 1.807) is 0 Å². The molecule has 12 aromatic rings. The van der Waals surface area contributed by atoms with Crippen molar-refractivity contribution in [3.63, 3.8) is 0 Å². The molecule has 0 aliphatic heterocycles. The monoisotopic (exact) mass is 805 g/mol. The first kappa shape index (κ1) is 36.5. The first-order valence-corrected chi connectivity index (χ1v) is 21.4. The predicted molar refractivity (Wildman–Crippen MR) is 263 cm³/mol. The summed E-state index contributed by atoms with van der Waals surface area (Å²) in [4.78, 5) is 2.34. The van der Waals surface area contributed by atoms with E-state index in [1.165, 1.54) is 38.9 Å². The van der Waals surface area contributed by atoms with Crippen LogP contribution in [-0.2, 0) is 0 Å². The Kier molecular flexibility index (Phi) is 8.83. The van der Waals surface area contributed by atoms with Crippen LogP contribution in [0.25, 0.3) is 99.5 Å². The Morgan fingerprint density at radius 3 is 1.35 bits per heavy atom. The number of hydrogen-bond acceptors (Lipinski definition) is 3. The molecule has 2 heterocycles. The largest absolute Gasteiger partial charge is 0.456 e. The lowest BCUT2D eigenvalue weighted by molar-refractivity contribution is 0.669. The molecule has 0 saturated heterocycles. The van der Waals surface area contributed by atoms with E-state index in [4.69, 9.17) is 8.83 Å². The first-order valence-electron chi connectivity index (χ1n) is 21.4. The summed E-state index contributed by atoms with van der Waals surface area (Å²) in [5.41, 5.74) is 18.3. The zero-order valence-corrected chi connectivity index (χ0v) is 34.3. The van der Waals surface area contributed by atoms with E-state index in [1.807, 2.05) is 24.3 Å². The van der Waals surface area contributed by atoms with Crippen LogP contribution < -0.4 is 4.90 Å². The lowest BCUT2D eigenvalue weighted by atomic mass is 9.84. The molecular formula is C60H39NO2. The highest BCUT2D eigenvalue weighted by Crippen LogP contribution is 2.46. The molecule has 0 aliphatic carbocycles. The van der Waals surface area contributed by atoms with Crippen LogP contribution in [0.5, 0.6) is 0 Å². The molecular weight excluding hydrogens is 767 g/mol. The van der Waals surface area contributed by atoms with E-state index < -0.39 is 0 Å². The van der Waals surface area contributed by atoms with Gasteiger partial charge in [-0.05, 0) is 105 Å². The topological polar surface area (TPSA) is 29.5 Å². The number of furan rings is 2. The van der Waals surface area contributed by atoms with Gasteiger partial charge in [0, 0.05) is 44.2 Å². The maximum Gasteiger partial charge on any atom is 0.143 e. The highest BCUT2D eigenvalue weighted by molar-refractivity contribution is 6.10. The molecule has 296 valence electrons. The standard InChI is InChI=1S/C60H39NO2/c1-3-15-40(16-4-1)47-19-7-8-22-53(47)59-48(41-17-5-2-6-18-41)23-13-24-49(59)42-29-33-44(34-30-42)61(46-37-38-58-55(39-46)52-21-10-11-27-56(52)62-58)45-35-31-43(32-36-45)50-25-14-26-54-51-20-9-12-28-57(51)63-60(50)54/h1-39H. The summed E-state index contributed by atoms with van der Waals surface area (Å²) in [5, 5.41) is 4.43. The summed E-state index contributed by atoms with van der Waals surface area (Å²) in [6, 6.07) is 84.2. The summed E-state index contributed by atoms with van der Waals surface area (Å²) in [7, 11) is 0. The summed E-state index contributed by atoms with van der Waals surface area (Å²) in [5.74, 6) is 0. The molecule has 0 atom stereocenters. The maximum absolute atomic E-state index is 6.45. The number of hydrogen-bond donors (Lipinski definition) is 0. The van der Waals surface area contributed by atoms with Gasteiger partial charge in [0.05, 0.1) is 0 Å². The van der Waals surface area contributed by atoms with Crippen molar-refractivity contribution < 1.29 is 8.83 Å². The van der Waals surface area contributed by atoms with Gasteiger partial charge in [-0.2, -0.15) is 0 Å². The van der Waals surface area contributed by atoms with Crippen molar-refractivity contribution in [2.24, 2.45) is 0 Å². The van der Waals surface area contributed by atoms with Crippen LogP contribution in [0.2, 0.25) is 0 Å². The zero-order valence-electron chi connectivity index (χ0n) is 34.3. The Morgan fingerprint density at radius 2 is 0.683 bits per heavy atom. The zero-order chi connectivity index (χ0) is 41.7. The van der Waals surface area contributed by atoms with Crippen LogP contribution >= 0.6 is 0 Å². The van der Waals surface area contributed by atoms with Crippen LogP contribution in [0.3, 0.4) is 0 Å². The number of anilines is 3. The Morgan fingerprint density at radius 1 is 0.254 bits per heavy atom. The highest BCUT2D eigenvalue weighted by atomic mass is 16.3. The molecule has 0 bridgehead atoms. The van der Waals surface area contributed by atoms with Crippen molar-refractivity contribution in [3.05, 3.63) is 237 Å². The van der Waals surface area contributed by atoms with E-state index >= 15 is 0 Å². The van der Waals surface area contributed by atoms with Gasteiger partial charge in [-0.25, -0.2) is 0 Å².